The van der Waals surface area contributed by atoms with E-state index in [-0.39, 0.29) is 11.3 Å². The van der Waals surface area contributed by atoms with E-state index in [0.717, 1.165) is 5.56 Å². The van der Waals surface area contributed by atoms with E-state index in [9.17, 15) is 4.79 Å². The average molecular weight is 344 g/mol. The number of nitrogen functional groups attached to an aromatic ring is 1. The lowest BCUT2D eigenvalue weighted by Gasteiger charge is -2.15. The van der Waals surface area contributed by atoms with E-state index in [1.807, 2.05) is 26.0 Å². The molecule has 0 unspecified atom stereocenters. The van der Waals surface area contributed by atoms with Crippen molar-refractivity contribution in [1.82, 2.24) is 0 Å². The number of ether oxygens (including phenoxy) is 1. The van der Waals surface area contributed by atoms with Gasteiger partial charge in [0, 0.05) is 10.9 Å². The maximum atomic E-state index is 13.1. The van der Waals surface area contributed by atoms with Gasteiger partial charge in [-0.15, -0.1) is 0 Å². The van der Waals surface area contributed by atoms with Crippen molar-refractivity contribution in [2.24, 2.45) is 0 Å². The Labute approximate surface area is 144 Å². The number of rotatable bonds is 3. The zero-order valence-corrected chi connectivity index (χ0v) is 14.5. The Bertz CT molecular complexity index is 959. The predicted octanol–water partition coefficient (Wildman–Crippen LogP) is 4.83. The van der Waals surface area contributed by atoms with Crippen molar-refractivity contribution in [3.8, 4) is 16.9 Å². The summed E-state index contributed by atoms with van der Waals surface area (Å²) in [5.41, 5.74) is 7.95. The molecular formula is C19H18ClNO3. The molecule has 3 aromatic rings. The Morgan fingerprint density at radius 1 is 1.12 bits per heavy atom. The molecule has 0 aliphatic heterocycles. The number of fused-ring (bicyclic) bond motifs is 1. The third-order valence-corrected chi connectivity index (χ3v) is 4.19. The molecule has 24 heavy (non-hydrogen) atoms. The molecule has 0 fully saturated rings. The molecule has 0 atom stereocenters. The smallest absolute Gasteiger partial charge is 0.200 e. The molecule has 124 valence electrons. The van der Waals surface area contributed by atoms with Gasteiger partial charge in [0.1, 0.15) is 5.76 Å². The molecule has 0 spiro atoms. The first-order chi connectivity index (χ1) is 11.4. The van der Waals surface area contributed by atoms with E-state index in [1.54, 1.807) is 24.3 Å². The van der Waals surface area contributed by atoms with Crippen LogP contribution < -0.4 is 15.9 Å². The lowest BCUT2D eigenvalue weighted by Crippen LogP contribution is -2.11. The van der Waals surface area contributed by atoms with Crippen LogP contribution in [0.5, 0.6) is 5.75 Å². The van der Waals surface area contributed by atoms with E-state index in [0.29, 0.717) is 38.8 Å². The third kappa shape index (κ3) is 2.63. The van der Waals surface area contributed by atoms with Crippen molar-refractivity contribution in [2.45, 2.75) is 19.8 Å². The molecule has 3 rings (SSSR count). The van der Waals surface area contributed by atoms with Crippen LogP contribution in [-0.4, -0.2) is 7.11 Å². The van der Waals surface area contributed by atoms with Crippen LogP contribution >= 0.6 is 11.6 Å². The predicted molar refractivity (Wildman–Crippen MR) is 98.0 cm³/mol. The highest BCUT2D eigenvalue weighted by molar-refractivity contribution is 6.30. The van der Waals surface area contributed by atoms with Gasteiger partial charge in [-0.1, -0.05) is 37.6 Å². The molecule has 0 aliphatic rings. The first-order valence-electron chi connectivity index (χ1n) is 7.63. The van der Waals surface area contributed by atoms with Gasteiger partial charge in [-0.2, -0.15) is 0 Å². The zero-order chi connectivity index (χ0) is 17.4. The van der Waals surface area contributed by atoms with Crippen LogP contribution in [0.2, 0.25) is 5.02 Å². The monoisotopic (exact) mass is 343 g/mol. The van der Waals surface area contributed by atoms with Gasteiger partial charge in [0.2, 0.25) is 5.43 Å². The summed E-state index contributed by atoms with van der Waals surface area (Å²) in [4.78, 5) is 13.1. The fourth-order valence-electron chi connectivity index (χ4n) is 2.77. The Morgan fingerprint density at radius 3 is 2.38 bits per heavy atom. The van der Waals surface area contributed by atoms with Gasteiger partial charge in [0.05, 0.1) is 23.7 Å². The molecule has 0 aliphatic carbocycles. The minimum absolute atomic E-state index is 0.0129. The molecule has 0 saturated carbocycles. The number of halogens is 1. The van der Waals surface area contributed by atoms with Gasteiger partial charge in [-0.25, -0.2) is 0 Å². The second-order valence-electron chi connectivity index (χ2n) is 5.90. The standard InChI is InChI=1S/C19H18ClNO3/c1-10(2)17-15(11-4-6-12(20)7-5-11)16(22)13-8-9-14(21)19(23-3)18(13)24-17/h4-10H,21H2,1-3H3. The SMILES string of the molecule is COc1c(N)ccc2c(=O)c(-c3ccc(Cl)cc3)c(C(C)C)oc12. The number of hydrogen-bond acceptors (Lipinski definition) is 4. The number of anilines is 1. The highest BCUT2D eigenvalue weighted by atomic mass is 35.5. The second-order valence-corrected chi connectivity index (χ2v) is 6.33. The van der Waals surface area contributed by atoms with Crippen molar-refractivity contribution in [3.63, 3.8) is 0 Å². The molecule has 0 bridgehead atoms. The first-order valence-corrected chi connectivity index (χ1v) is 8.01. The van der Waals surface area contributed by atoms with Crippen molar-refractivity contribution in [1.29, 1.82) is 0 Å². The number of benzene rings is 2. The molecular weight excluding hydrogens is 326 g/mol. The Balaban J connectivity index is 2.43. The van der Waals surface area contributed by atoms with Crippen molar-refractivity contribution in [3.05, 3.63) is 57.4 Å². The lowest BCUT2D eigenvalue weighted by atomic mass is 9.97. The first kappa shape index (κ1) is 16.4. The normalized spacial score (nSPS) is 11.2. The van der Waals surface area contributed by atoms with Crippen LogP contribution in [0, 0.1) is 0 Å². The van der Waals surface area contributed by atoms with Gasteiger partial charge < -0.3 is 14.9 Å². The summed E-state index contributed by atoms with van der Waals surface area (Å²) < 4.78 is 11.4. The van der Waals surface area contributed by atoms with E-state index in [4.69, 9.17) is 26.5 Å². The average Bonchev–Trinajstić information content (AvgIpc) is 2.55. The molecule has 0 amide bonds. The van der Waals surface area contributed by atoms with E-state index in [1.165, 1.54) is 7.11 Å². The Kier molecular flexibility index (Phi) is 4.24. The Morgan fingerprint density at radius 2 is 1.79 bits per heavy atom. The lowest BCUT2D eigenvalue weighted by molar-refractivity contribution is 0.406. The van der Waals surface area contributed by atoms with Crippen LogP contribution in [0.3, 0.4) is 0 Å². The van der Waals surface area contributed by atoms with Gasteiger partial charge in [0.25, 0.3) is 0 Å². The highest BCUT2D eigenvalue weighted by Crippen LogP contribution is 2.36. The summed E-state index contributed by atoms with van der Waals surface area (Å²) in [6.45, 7) is 3.95. The quantitative estimate of drug-likeness (QED) is 0.692. The van der Waals surface area contributed by atoms with E-state index < -0.39 is 0 Å². The van der Waals surface area contributed by atoms with E-state index >= 15 is 0 Å². The summed E-state index contributed by atoms with van der Waals surface area (Å²) in [5, 5.41) is 1.06. The number of methoxy groups -OCH3 is 1. The molecule has 2 N–H and O–H groups in total. The maximum Gasteiger partial charge on any atom is 0.200 e. The summed E-state index contributed by atoms with van der Waals surface area (Å²) >= 11 is 5.96. The van der Waals surface area contributed by atoms with Crippen molar-refractivity contribution < 1.29 is 9.15 Å². The van der Waals surface area contributed by atoms with Crippen LogP contribution in [-0.2, 0) is 0 Å². The summed E-state index contributed by atoms with van der Waals surface area (Å²) in [7, 11) is 1.51. The Hall–Kier alpha value is -2.46. The molecule has 0 radical (unpaired) electrons. The summed E-state index contributed by atoms with van der Waals surface area (Å²) in [6, 6.07) is 10.5. The van der Waals surface area contributed by atoms with E-state index in [2.05, 4.69) is 0 Å². The van der Waals surface area contributed by atoms with Crippen LogP contribution in [0.25, 0.3) is 22.1 Å². The summed E-state index contributed by atoms with van der Waals surface area (Å²) in [6.07, 6.45) is 0. The largest absolute Gasteiger partial charge is 0.491 e. The minimum Gasteiger partial charge on any atom is -0.491 e. The topological polar surface area (TPSA) is 65.5 Å². The van der Waals surface area contributed by atoms with Crippen LogP contribution in [0.1, 0.15) is 25.5 Å². The van der Waals surface area contributed by atoms with Crippen LogP contribution in [0.4, 0.5) is 5.69 Å². The molecule has 2 aromatic carbocycles. The number of nitrogens with two attached hydrogens (primary N) is 1. The van der Waals surface area contributed by atoms with Gasteiger partial charge in [-0.05, 0) is 29.8 Å². The second kappa shape index (κ2) is 6.21. The van der Waals surface area contributed by atoms with Crippen LogP contribution in [0.15, 0.2) is 45.6 Å². The molecule has 5 heteroatoms. The molecule has 1 aromatic heterocycles. The van der Waals surface area contributed by atoms with Gasteiger partial charge >= 0.3 is 0 Å². The summed E-state index contributed by atoms with van der Waals surface area (Å²) in [5.74, 6) is 0.992. The van der Waals surface area contributed by atoms with Gasteiger partial charge in [-0.3, -0.25) is 4.79 Å². The highest BCUT2D eigenvalue weighted by Gasteiger charge is 2.21. The van der Waals surface area contributed by atoms with Crippen molar-refractivity contribution >= 4 is 28.3 Å². The maximum absolute atomic E-state index is 13.1. The number of hydrogen-bond donors (Lipinski definition) is 1. The molecule has 1 heterocycles. The minimum atomic E-state index is -0.111. The fourth-order valence-corrected chi connectivity index (χ4v) is 2.90. The molecule has 0 saturated heterocycles. The molecule has 4 nitrogen and oxygen atoms in total. The third-order valence-electron chi connectivity index (χ3n) is 3.93. The fraction of sp³-hybridized carbons (Fsp3) is 0.211. The zero-order valence-electron chi connectivity index (χ0n) is 13.7. The van der Waals surface area contributed by atoms with Crippen molar-refractivity contribution in [2.75, 3.05) is 12.8 Å². The van der Waals surface area contributed by atoms with Gasteiger partial charge in [0.15, 0.2) is 11.3 Å².